The quantitative estimate of drug-likeness (QED) is 0.618. The highest BCUT2D eigenvalue weighted by atomic mass is 79.9. The molecule has 0 saturated heterocycles. The molecule has 2 aromatic carbocycles. The molecular formula is C17H17Br2NO4. The summed E-state index contributed by atoms with van der Waals surface area (Å²) in [6.45, 7) is 0.00364. The number of halogens is 2. The molecule has 0 saturated carbocycles. The predicted molar refractivity (Wildman–Crippen MR) is 97.4 cm³/mol. The van der Waals surface area contributed by atoms with Gasteiger partial charge in [0.05, 0.1) is 0 Å². The van der Waals surface area contributed by atoms with E-state index < -0.39 is 18.3 Å². The van der Waals surface area contributed by atoms with Crippen molar-refractivity contribution < 1.29 is 19.7 Å². The van der Waals surface area contributed by atoms with Crippen LogP contribution in [0.1, 0.15) is 17.2 Å². The van der Waals surface area contributed by atoms with Crippen molar-refractivity contribution in [3.05, 3.63) is 68.6 Å². The first-order valence-corrected chi connectivity index (χ1v) is 8.82. The fourth-order valence-corrected chi connectivity index (χ4v) is 3.53. The van der Waals surface area contributed by atoms with Gasteiger partial charge in [0.15, 0.2) is 0 Å². The van der Waals surface area contributed by atoms with Gasteiger partial charge in [0.2, 0.25) is 0 Å². The molecule has 7 heteroatoms. The van der Waals surface area contributed by atoms with Gasteiger partial charge < -0.3 is 20.3 Å². The summed E-state index contributed by atoms with van der Waals surface area (Å²) in [5.41, 5.74) is 1.38. The third kappa shape index (κ3) is 5.31. The summed E-state index contributed by atoms with van der Waals surface area (Å²) in [5, 5.41) is 22.8. The summed E-state index contributed by atoms with van der Waals surface area (Å²) >= 11 is 6.67. The van der Waals surface area contributed by atoms with Crippen LogP contribution in [0.5, 0.6) is 0 Å². The van der Waals surface area contributed by atoms with Crippen LogP contribution in [0.3, 0.4) is 0 Å². The van der Waals surface area contributed by atoms with Gasteiger partial charge in [-0.25, -0.2) is 4.79 Å². The number of hydrogen-bond acceptors (Lipinski definition) is 4. The van der Waals surface area contributed by atoms with Crippen LogP contribution in [0.15, 0.2) is 57.5 Å². The molecular weight excluding hydrogens is 442 g/mol. The fraction of sp³-hybridized carbons (Fsp3) is 0.235. The highest BCUT2D eigenvalue weighted by molar-refractivity contribution is 9.11. The molecule has 0 aromatic heterocycles. The molecule has 2 aromatic rings. The van der Waals surface area contributed by atoms with E-state index in [4.69, 9.17) is 4.74 Å². The van der Waals surface area contributed by atoms with Gasteiger partial charge in [0, 0.05) is 21.1 Å². The van der Waals surface area contributed by atoms with Crippen molar-refractivity contribution in [3.8, 4) is 0 Å². The minimum absolute atomic E-state index is 0.136. The van der Waals surface area contributed by atoms with E-state index >= 15 is 0 Å². The van der Waals surface area contributed by atoms with Crippen LogP contribution in [-0.4, -0.2) is 29.0 Å². The molecule has 128 valence electrons. The maximum Gasteiger partial charge on any atom is 0.407 e. The molecule has 2 unspecified atom stereocenters. The number of carbonyl (C=O) groups is 1. The highest BCUT2D eigenvalue weighted by Gasteiger charge is 2.23. The normalized spacial score (nSPS) is 13.2. The molecule has 0 bridgehead atoms. The zero-order valence-electron chi connectivity index (χ0n) is 12.7. The van der Waals surface area contributed by atoms with Gasteiger partial charge in [-0.1, -0.05) is 68.3 Å². The molecule has 0 heterocycles. The maximum absolute atomic E-state index is 11.7. The Kier molecular flexibility index (Phi) is 7.23. The van der Waals surface area contributed by atoms with Crippen molar-refractivity contribution in [2.24, 2.45) is 0 Å². The second kappa shape index (κ2) is 9.17. The van der Waals surface area contributed by atoms with Crippen LogP contribution >= 0.6 is 31.9 Å². The van der Waals surface area contributed by atoms with Gasteiger partial charge in [0.1, 0.15) is 18.8 Å². The average Bonchev–Trinajstić information content (AvgIpc) is 2.58. The maximum atomic E-state index is 11.7. The number of carbonyl (C=O) groups excluding carboxylic acids is 1. The predicted octanol–water partition coefficient (Wildman–Crippen LogP) is 3.53. The van der Waals surface area contributed by atoms with E-state index in [0.29, 0.717) is 14.5 Å². The lowest BCUT2D eigenvalue weighted by Crippen LogP contribution is -2.36. The Hall–Kier alpha value is -1.41. The smallest absolute Gasteiger partial charge is 0.407 e. The topological polar surface area (TPSA) is 78.8 Å². The summed E-state index contributed by atoms with van der Waals surface area (Å²) in [6, 6.07) is 14.6. The number of hydrogen-bond donors (Lipinski definition) is 3. The van der Waals surface area contributed by atoms with Crippen LogP contribution in [0.4, 0.5) is 4.79 Å². The Labute approximate surface area is 156 Å². The van der Waals surface area contributed by atoms with Crippen molar-refractivity contribution in [1.82, 2.24) is 5.32 Å². The molecule has 2 atom stereocenters. The number of rotatable bonds is 6. The van der Waals surface area contributed by atoms with Gasteiger partial charge >= 0.3 is 6.09 Å². The molecule has 0 spiro atoms. The number of benzene rings is 2. The van der Waals surface area contributed by atoms with Gasteiger partial charge in [0.25, 0.3) is 0 Å². The first kappa shape index (κ1) is 18.9. The summed E-state index contributed by atoms with van der Waals surface area (Å²) in [7, 11) is 0. The third-order valence-electron chi connectivity index (χ3n) is 3.33. The Morgan fingerprint density at radius 3 is 2.29 bits per heavy atom. The number of ether oxygens (including phenoxy) is 1. The van der Waals surface area contributed by atoms with E-state index in [0.717, 1.165) is 5.56 Å². The second-order valence-corrected chi connectivity index (χ2v) is 6.80. The first-order chi connectivity index (χ1) is 11.5. The van der Waals surface area contributed by atoms with Crippen LogP contribution < -0.4 is 5.32 Å². The Morgan fingerprint density at radius 1 is 1.04 bits per heavy atom. The minimum Gasteiger partial charge on any atom is -0.445 e. The van der Waals surface area contributed by atoms with Crippen LogP contribution in [0.2, 0.25) is 0 Å². The fourth-order valence-electron chi connectivity index (χ4n) is 2.06. The van der Waals surface area contributed by atoms with Crippen molar-refractivity contribution in [2.75, 3.05) is 6.54 Å². The molecule has 5 nitrogen and oxygen atoms in total. The van der Waals surface area contributed by atoms with E-state index in [1.807, 2.05) is 30.3 Å². The molecule has 1 amide bonds. The number of amides is 1. The lowest BCUT2D eigenvalue weighted by Gasteiger charge is -2.20. The highest BCUT2D eigenvalue weighted by Crippen LogP contribution is 2.32. The van der Waals surface area contributed by atoms with E-state index in [9.17, 15) is 15.0 Å². The Morgan fingerprint density at radius 2 is 1.67 bits per heavy atom. The summed E-state index contributed by atoms with van der Waals surface area (Å²) in [5.74, 6) is 0. The molecule has 0 fully saturated rings. The van der Waals surface area contributed by atoms with E-state index in [1.54, 1.807) is 18.2 Å². The molecule has 0 aliphatic carbocycles. The van der Waals surface area contributed by atoms with Crippen LogP contribution in [0, 0.1) is 0 Å². The SMILES string of the molecule is O=C(NCC(O)C(O)c1c(Br)cccc1Br)OCc1ccccc1. The van der Waals surface area contributed by atoms with Gasteiger partial charge in [-0.05, 0) is 17.7 Å². The van der Waals surface area contributed by atoms with E-state index in [2.05, 4.69) is 37.2 Å². The zero-order valence-corrected chi connectivity index (χ0v) is 15.8. The average molecular weight is 459 g/mol. The largest absolute Gasteiger partial charge is 0.445 e. The minimum atomic E-state index is -1.18. The molecule has 2 rings (SSSR count). The number of aliphatic hydroxyl groups excluding tert-OH is 2. The zero-order chi connectivity index (χ0) is 17.5. The third-order valence-corrected chi connectivity index (χ3v) is 4.71. The number of aliphatic hydroxyl groups is 2. The standard InChI is InChI=1S/C17H17Br2NO4/c18-12-7-4-8-13(19)15(12)16(22)14(21)9-20-17(23)24-10-11-5-2-1-3-6-11/h1-8,14,16,21-22H,9-10H2,(H,20,23). The first-order valence-electron chi connectivity index (χ1n) is 7.23. The Bertz CT molecular complexity index is 661. The Balaban J connectivity index is 1.83. The summed E-state index contributed by atoms with van der Waals surface area (Å²) < 4.78 is 6.37. The van der Waals surface area contributed by atoms with Crippen molar-refractivity contribution >= 4 is 38.0 Å². The lowest BCUT2D eigenvalue weighted by molar-refractivity contribution is 0.0176. The van der Waals surface area contributed by atoms with Crippen LogP contribution in [-0.2, 0) is 11.3 Å². The van der Waals surface area contributed by atoms with Crippen molar-refractivity contribution in [3.63, 3.8) is 0 Å². The van der Waals surface area contributed by atoms with E-state index in [1.165, 1.54) is 0 Å². The van der Waals surface area contributed by atoms with Crippen LogP contribution in [0.25, 0.3) is 0 Å². The molecule has 0 aliphatic rings. The molecule has 0 aliphatic heterocycles. The van der Waals surface area contributed by atoms with Crippen molar-refractivity contribution in [1.29, 1.82) is 0 Å². The lowest BCUT2D eigenvalue weighted by atomic mass is 10.0. The van der Waals surface area contributed by atoms with Gasteiger partial charge in [-0.2, -0.15) is 0 Å². The molecule has 3 N–H and O–H groups in total. The molecule has 0 radical (unpaired) electrons. The van der Waals surface area contributed by atoms with Crippen molar-refractivity contribution in [2.45, 2.75) is 18.8 Å². The summed E-state index contributed by atoms with van der Waals surface area (Å²) in [6.07, 6.45) is -3.00. The van der Waals surface area contributed by atoms with Gasteiger partial charge in [-0.15, -0.1) is 0 Å². The van der Waals surface area contributed by atoms with Gasteiger partial charge in [-0.3, -0.25) is 0 Å². The molecule has 24 heavy (non-hydrogen) atoms. The second-order valence-electron chi connectivity index (χ2n) is 5.09. The number of nitrogens with one attached hydrogen (secondary N) is 1. The van der Waals surface area contributed by atoms with E-state index in [-0.39, 0.29) is 13.2 Å². The number of alkyl carbamates (subject to hydrolysis) is 1. The summed E-state index contributed by atoms with van der Waals surface area (Å²) in [4.78, 5) is 11.7. The monoisotopic (exact) mass is 457 g/mol.